The van der Waals surface area contributed by atoms with Crippen molar-refractivity contribution in [2.24, 2.45) is 0 Å². The van der Waals surface area contributed by atoms with Crippen LogP contribution in [-0.4, -0.2) is 5.91 Å². The minimum Gasteiger partial charge on any atom is -0.298 e. The van der Waals surface area contributed by atoms with Crippen molar-refractivity contribution >= 4 is 11.6 Å². The Bertz CT molecular complexity index is 761. The van der Waals surface area contributed by atoms with E-state index in [1.807, 2.05) is 91.9 Å². The lowest BCUT2D eigenvalue weighted by Crippen LogP contribution is -2.34. The zero-order valence-electron chi connectivity index (χ0n) is 13.6. The summed E-state index contributed by atoms with van der Waals surface area (Å²) >= 11 is 0. The highest BCUT2D eigenvalue weighted by Crippen LogP contribution is 2.24. The molecule has 0 aromatic heterocycles. The van der Waals surface area contributed by atoms with Gasteiger partial charge in [0, 0.05) is 0 Å². The molecule has 3 heteroatoms. The zero-order valence-corrected chi connectivity index (χ0v) is 13.6. The molecule has 0 spiro atoms. The van der Waals surface area contributed by atoms with Gasteiger partial charge in [-0.1, -0.05) is 78.9 Å². The third-order valence-electron chi connectivity index (χ3n) is 3.99. The third-order valence-corrected chi connectivity index (χ3v) is 3.99. The molecular formula is C21H20N2O. The van der Waals surface area contributed by atoms with Gasteiger partial charge in [-0.3, -0.25) is 15.6 Å². The normalized spacial score (nSPS) is 10.4. The summed E-state index contributed by atoms with van der Waals surface area (Å²) in [6.45, 7) is 2.00. The summed E-state index contributed by atoms with van der Waals surface area (Å²) in [6, 6.07) is 27.5. The van der Waals surface area contributed by atoms with Crippen LogP contribution >= 0.6 is 0 Å². The fourth-order valence-electron chi connectivity index (χ4n) is 2.70. The van der Waals surface area contributed by atoms with E-state index in [0.717, 1.165) is 22.4 Å². The molecule has 0 aliphatic rings. The number of amides is 1. The van der Waals surface area contributed by atoms with Gasteiger partial charge in [-0.25, -0.2) is 0 Å². The van der Waals surface area contributed by atoms with Crippen molar-refractivity contribution < 1.29 is 4.79 Å². The van der Waals surface area contributed by atoms with Crippen molar-refractivity contribution in [3.63, 3.8) is 0 Å². The van der Waals surface area contributed by atoms with Crippen molar-refractivity contribution in [1.82, 2.24) is 5.43 Å². The van der Waals surface area contributed by atoms with Crippen LogP contribution in [0.4, 0.5) is 5.69 Å². The second kappa shape index (κ2) is 7.47. The Balaban J connectivity index is 1.83. The van der Waals surface area contributed by atoms with Crippen LogP contribution in [0.1, 0.15) is 22.6 Å². The maximum absolute atomic E-state index is 12.9. The summed E-state index contributed by atoms with van der Waals surface area (Å²) in [5, 5.41) is 0. The molecule has 0 fully saturated rings. The van der Waals surface area contributed by atoms with Gasteiger partial charge in [0.25, 0.3) is 0 Å². The Hall–Kier alpha value is -3.07. The first-order valence-corrected chi connectivity index (χ1v) is 7.97. The number of benzene rings is 3. The van der Waals surface area contributed by atoms with E-state index in [9.17, 15) is 4.79 Å². The molecule has 0 aliphatic heterocycles. The lowest BCUT2D eigenvalue weighted by molar-refractivity contribution is -0.121. The lowest BCUT2D eigenvalue weighted by atomic mass is 9.91. The van der Waals surface area contributed by atoms with Crippen LogP contribution in [0, 0.1) is 6.92 Å². The van der Waals surface area contributed by atoms with Crippen LogP contribution in [0.3, 0.4) is 0 Å². The topological polar surface area (TPSA) is 41.1 Å². The van der Waals surface area contributed by atoms with Crippen LogP contribution < -0.4 is 10.9 Å². The van der Waals surface area contributed by atoms with E-state index in [4.69, 9.17) is 0 Å². The first kappa shape index (κ1) is 15.8. The largest absolute Gasteiger partial charge is 0.298 e. The molecule has 1 amide bonds. The number of carbonyl (C=O) groups is 1. The first-order chi connectivity index (χ1) is 11.8. The van der Waals surface area contributed by atoms with Gasteiger partial charge in [0.1, 0.15) is 0 Å². The van der Waals surface area contributed by atoms with E-state index in [0.29, 0.717) is 0 Å². The van der Waals surface area contributed by atoms with Crippen LogP contribution in [-0.2, 0) is 4.79 Å². The van der Waals surface area contributed by atoms with E-state index >= 15 is 0 Å². The number of aryl methyl sites for hydroxylation is 1. The van der Waals surface area contributed by atoms with Gasteiger partial charge in [-0.15, -0.1) is 0 Å². The molecule has 24 heavy (non-hydrogen) atoms. The quantitative estimate of drug-likeness (QED) is 0.690. The van der Waals surface area contributed by atoms with Gasteiger partial charge in [-0.2, -0.15) is 0 Å². The van der Waals surface area contributed by atoms with Gasteiger partial charge in [0.05, 0.1) is 11.6 Å². The molecule has 0 atom stereocenters. The number of carbonyl (C=O) groups excluding carboxylic acids is 1. The minimum atomic E-state index is -0.357. The molecule has 0 heterocycles. The maximum Gasteiger partial charge on any atom is 0.250 e. The predicted octanol–water partition coefficient (Wildman–Crippen LogP) is 4.27. The van der Waals surface area contributed by atoms with Crippen LogP contribution in [0.15, 0.2) is 84.9 Å². The number of rotatable bonds is 5. The zero-order chi connectivity index (χ0) is 16.8. The van der Waals surface area contributed by atoms with Crippen LogP contribution in [0.2, 0.25) is 0 Å². The molecule has 0 bridgehead atoms. The summed E-state index contributed by atoms with van der Waals surface area (Å²) in [5.74, 6) is -0.445. The van der Waals surface area contributed by atoms with Gasteiger partial charge >= 0.3 is 0 Å². The van der Waals surface area contributed by atoms with E-state index in [2.05, 4.69) is 10.9 Å². The van der Waals surface area contributed by atoms with E-state index in [1.54, 1.807) is 0 Å². The average molecular weight is 316 g/mol. The highest BCUT2D eigenvalue weighted by Gasteiger charge is 2.22. The van der Waals surface area contributed by atoms with Gasteiger partial charge in [0.2, 0.25) is 5.91 Å². The standard InChI is InChI=1S/C21H20N2O/c1-16-10-8-9-15-19(16)22-23-21(24)20(17-11-4-2-5-12-17)18-13-6-3-7-14-18/h2-15,20,22H,1H3,(H,23,24). The molecular weight excluding hydrogens is 296 g/mol. The Morgan fingerprint density at radius 3 is 1.79 bits per heavy atom. The number of hydrogen-bond donors (Lipinski definition) is 2. The molecule has 0 unspecified atom stereocenters. The molecule has 3 aromatic rings. The van der Waals surface area contributed by atoms with Gasteiger partial charge in [-0.05, 0) is 29.7 Å². The molecule has 3 rings (SSSR count). The number of hydrogen-bond acceptors (Lipinski definition) is 2. The van der Waals surface area contributed by atoms with E-state index in [1.165, 1.54) is 0 Å². The Morgan fingerprint density at radius 2 is 1.25 bits per heavy atom. The molecule has 0 saturated carbocycles. The van der Waals surface area contributed by atoms with Crippen LogP contribution in [0.5, 0.6) is 0 Å². The monoisotopic (exact) mass is 316 g/mol. The highest BCUT2D eigenvalue weighted by molar-refractivity contribution is 5.88. The third kappa shape index (κ3) is 3.63. The molecule has 0 radical (unpaired) electrons. The first-order valence-electron chi connectivity index (χ1n) is 7.97. The second-order valence-corrected chi connectivity index (χ2v) is 5.68. The Kier molecular flexibility index (Phi) is 4.92. The molecule has 2 N–H and O–H groups in total. The summed E-state index contributed by atoms with van der Waals surface area (Å²) in [4.78, 5) is 12.9. The van der Waals surface area contributed by atoms with Crippen molar-refractivity contribution in [2.45, 2.75) is 12.8 Å². The SMILES string of the molecule is Cc1ccccc1NNC(=O)C(c1ccccc1)c1ccccc1. The molecule has 120 valence electrons. The maximum atomic E-state index is 12.9. The minimum absolute atomic E-state index is 0.0874. The molecule has 0 aliphatic carbocycles. The number of anilines is 1. The van der Waals surface area contributed by atoms with E-state index in [-0.39, 0.29) is 11.8 Å². The van der Waals surface area contributed by atoms with Crippen molar-refractivity contribution in [1.29, 1.82) is 0 Å². The van der Waals surface area contributed by atoms with Gasteiger partial charge in [0.15, 0.2) is 0 Å². The molecule has 3 nitrogen and oxygen atoms in total. The summed E-state index contributed by atoms with van der Waals surface area (Å²) < 4.78 is 0. The Morgan fingerprint density at radius 1 is 0.750 bits per heavy atom. The van der Waals surface area contributed by atoms with Crippen molar-refractivity contribution in [2.75, 3.05) is 5.43 Å². The van der Waals surface area contributed by atoms with Gasteiger partial charge < -0.3 is 0 Å². The molecule has 3 aromatic carbocycles. The summed E-state index contributed by atoms with van der Waals surface area (Å²) in [6.07, 6.45) is 0. The predicted molar refractivity (Wildman–Crippen MR) is 97.7 cm³/mol. The summed E-state index contributed by atoms with van der Waals surface area (Å²) in [5.41, 5.74) is 9.78. The van der Waals surface area contributed by atoms with Crippen molar-refractivity contribution in [3.8, 4) is 0 Å². The number of nitrogens with one attached hydrogen (secondary N) is 2. The number of hydrazine groups is 1. The molecule has 0 saturated heterocycles. The van der Waals surface area contributed by atoms with E-state index < -0.39 is 0 Å². The number of para-hydroxylation sites is 1. The highest BCUT2D eigenvalue weighted by atomic mass is 16.2. The van der Waals surface area contributed by atoms with Crippen LogP contribution in [0.25, 0.3) is 0 Å². The lowest BCUT2D eigenvalue weighted by Gasteiger charge is -2.19. The summed E-state index contributed by atoms with van der Waals surface area (Å²) in [7, 11) is 0. The smallest absolute Gasteiger partial charge is 0.250 e. The van der Waals surface area contributed by atoms with Crippen molar-refractivity contribution in [3.05, 3.63) is 102 Å². The fourth-order valence-corrected chi connectivity index (χ4v) is 2.70. The Labute approximate surface area is 142 Å². The second-order valence-electron chi connectivity index (χ2n) is 5.68. The fraction of sp³-hybridized carbons (Fsp3) is 0.0952. The average Bonchev–Trinajstić information content (AvgIpc) is 2.63.